The molecule has 1 rings (SSSR count). The van der Waals surface area contributed by atoms with E-state index in [0.717, 1.165) is 0 Å². The summed E-state index contributed by atoms with van der Waals surface area (Å²) >= 11 is 0. The van der Waals surface area contributed by atoms with Crippen LogP contribution in [-0.2, 0) is 9.59 Å². The Balaban J connectivity index is 3.03. The van der Waals surface area contributed by atoms with Gasteiger partial charge in [-0.05, 0) is 18.8 Å². The molecule has 0 heterocycles. The summed E-state index contributed by atoms with van der Waals surface area (Å²) in [7, 11) is 0. The van der Waals surface area contributed by atoms with Crippen LogP contribution in [-0.4, -0.2) is 12.0 Å². The zero-order valence-electron chi connectivity index (χ0n) is 8.13. The molecule has 0 unspecified atom stereocenters. The first-order valence-corrected chi connectivity index (χ1v) is 4.24. The molecule has 70 valence electrons. The van der Waals surface area contributed by atoms with E-state index < -0.39 is 5.41 Å². The van der Waals surface area contributed by atoms with Gasteiger partial charge in [-0.3, -0.25) is 4.79 Å². The molecule has 0 fully saturated rings. The molecule has 0 saturated heterocycles. The highest BCUT2D eigenvalue weighted by Crippen LogP contribution is 2.48. The standard InChI is InChI=1S/C10H13NO2/c1-9(2)5-4-6-10(9,3)8(13)11-7-12/h4-5H,6H2,1-3H3/t10-/m0/s1. The molecule has 0 aliphatic heterocycles. The highest BCUT2D eigenvalue weighted by atomic mass is 16.2. The highest BCUT2D eigenvalue weighted by Gasteiger charge is 2.47. The third-order valence-electron chi connectivity index (χ3n) is 3.10. The maximum atomic E-state index is 11.5. The summed E-state index contributed by atoms with van der Waals surface area (Å²) in [4.78, 5) is 24.7. The van der Waals surface area contributed by atoms with E-state index in [1.807, 2.05) is 32.9 Å². The van der Waals surface area contributed by atoms with E-state index in [-0.39, 0.29) is 11.3 Å². The van der Waals surface area contributed by atoms with E-state index >= 15 is 0 Å². The van der Waals surface area contributed by atoms with Crippen LogP contribution in [0.1, 0.15) is 27.2 Å². The van der Waals surface area contributed by atoms with Gasteiger partial charge in [0.2, 0.25) is 6.08 Å². The SMILES string of the molecule is CC1(C)C=CC[C@@]1(C)C(=O)N=C=O. The van der Waals surface area contributed by atoms with Gasteiger partial charge in [0.15, 0.2) is 0 Å². The number of rotatable bonds is 1. The first kappa shape index (κ1) is 9.87. The lowest BCUT2D eigenvalue weighted by molar-refractivity contribution is -0.130. The monoisotopic (exact) mass is 179 g/mol. The van der Waals surface area contributed by atoms with E-state index in [1.165, 1.54) is 6.08 Å². The third kappa shape index (κ3) is 1.36. The zero-order chi connectivity index (χ0) is 10.1. The van der Waals surface area contributed by atoms with E-state index in [2.05, 4.69) is 4.99 Å². The Morgan fingerprint density at radius 1 is 1.46 bits per heavy atom. The van der Waals surface area contributed by atoms with Gasteiger partial charge < -0.3 is 0 Å². The predicted molar refractivity (Wildman–Crippen MR) is 48.8 cm³/mol. The van der Waals surface area contributed by atoms with Gasteiger partial charge in [0.05, 0.1) is 5.41 Å². The summed E-state index contributed by atoms with van der Waals surface area (Å²) in [6.45, 7) is 5.76. The second-order valence-corrected chi connectivity index (χ2v) is 4.17. The average Bonchev–Trinajstić information content (AvgIpc) is 2.28. The molecule has 1 aliphatic carbocycles. The molecular weight excluding hydrogens is 166 g/mol. The fourth-order valence-electron chi connectivity index (χ4n) is 1.56. The molecule has 0 aromatic heterocycles. The number of nitrogens with zero attached hydrogens (tertiary/aromatic N) is 1. The molecule has 0 bridgehead atoms. The molecule has 3 nitrogen and oxygen atoms in total. The lowest BCUT2D eigenvalue weighted by Gasteiger charge is -2.34. The van der Waals surface area contributed by atoms with Crippen LogP contribution in [0, 0.1) is 10.8 Å². The summed E-state index contributed by atoms with van der Waals surface area (Å²) in [5.74, 6) is -0.377. The number of isocyanates is 1. The van der Waals surface area contributed by atoms with E-state index in [1.54, 1.807) is 0 Å². The van der Waals surface area contributed by atoms with Gasteiger partial charge in [0.1, 0.15) is 0 Å². The average molecular weight is 179 g/mol. The largest absolute Gasteiger partial charge is 0.271 e. The van der Waals surface area contributed by atoms with Crippen LogP contribution in [0.2, 0.25) is 0 Å². The normalized spacial score (nSPS) is 29.8. The molecule has 1 aliphatic rings. The zero-order valence-corrected chi connectivity index (χ0v) is 8.13. The second kappa shape index (κ2) is 2.93. The molecule has 13 heavy (non-hydrogen) atoms. The van der Waals surface area contributed by atoms with Crippen LogP contribution in [0.4, 0.5) is 0 Å². The van der Waals surface area contributed by atoms with Crippen LogP contribution in [0.25, 0.3) is 0 Å². The smallest absolute Gasteiger partial charge is 0.263 e. The first-order valence-electron chi connectivity index (χ1n) is 4.24. The molecule has 1 atom stereocenters. The van der Waals surface area contributed by atoms with E-state index in [9.17, 15) is 9.59 Å². The fraction of sp³-hybridized carbons (Fsp3) is 0.600. The van der Waals surface area contributed by atoms with Gasteiger partial charge in [-0.1, -0.05) is 26.0 Å². The van der Waals surface area contributed by atoms with Crippen molar-refractivity contribution in [2.24, 2.45) is 15.8 Å². The number of hydrogen-bond donors (Lipinski definition) is 0. The van der Waals surface area contributed by atoms with Crippen molar-refractivity contribution in [3.05, 3.63) is 12.2 Å². The lowest BCUT2D eigenvalue weighted by Crippen LogP contribution is -2.36. The molecule has 0 aromatic carbocycles. The Morgan fingerprint density at radius 3 is 2.46 bits per heavy atom. The quantitative estimate of drug-likeness (QED) is 0.350. The maximum Gasteiger partial charge on any atom is 0.263 e. The van der Waals surface area contributed by atoms with E-state index in [0.29, 0.717) is 6.42 Å². The minimum absolute atomic E-state index is 0.232. The van der Waals surface area contributed by atoms with Crippen LogP contribution in [0.5, 0.6) is 0 Å². The molecule has 1 amide bonds. The first-order chi connectivity index (χ1) is 5.94. The summed E-state index contributed by atoms with van der Waals surface area (Å²) in [5.41, 5.74) is -0.811. The van der Waals surface area contributed by atoms with Crippen molar-refractivity contribution in [2.75, 3.05) is 0 Å². The van der Waals surface area contributed by atoms with Crippen molar-refractivity contribution in [3.63, 3.8) is 0 Å². The van der Waals surface area contributed by atoms with Gasteiger partial charge in [-0.15, -0.1) is 4.99 Å². The Bertz CT molecular complexity index is 311. The van der Waals surface area contributed by atoms with Gasteiger partial charge >= 0.3 is 0 Å². The minimum atomic E-state index is -0.579. The van der Waals surface area contributed by atoms with Crippen LogP contribution in [0.3, 0.4) is 0 Å². The Kier molecular flexibility index (Phi) is 2.22. The van der Waals surface area contributed by atoms with E-state index in [4.69, 9.17) is 0 Å². The van der Waals surface area contributed by atoms with Gasteiger partial charge in [0.25, 0.3) is 5.91 Å². The Morgan fingerprint density at radius 2 is 2.08 bits per heavy atom. The van der Waals surface area contributed by atoms with Gasteiger partial charge in [0, 0.05) is 0 Å². The topological polar surface area (TPSA) is 46.5 Å². The third-order valence-corrected chi connectivity index (χ3v) is 3.10. The summed E-state index contributed by atoms with van der Waals surface area (Å²) < 4.78 is 0. The molecular formula is C10H13NO2. The van der Waals surface area contributed by atoms with Crippen LogP contribution in [0.15, 0.2) is 17.1 Å². The number of allylic oxidation sites excluding steroid dienone is 2. The number of amides is 1. The minimum Gasteiger partial charge on any atom is -0.271 e. The second-order valence-electron chi connectivity index (χ2n) is 4.17. The number of aliphatic imine (C=N–C) groups is 1. The molecule has 0 radical (unpaired) electrons. The predicted octanol–water partition coefficient (Wildman–Crippen LogP) is 1.84. The molecule has 0 saturated carbocycles. The maximum absolute atomic E-state index is 11.5. The molecule has 0 spiro atoms. The summed E-state index contributed by atoms with van der Waals surface area (Å²) in [5, 5.41) is 0. The van der Waals surface area contributed by atoms with Gasteiger partial charge in [-0.25, -0.2) is 4.79 Å². The van der Waals surface area contributed by atoms with Crippen molar-refractivity contribution in [1.82, 2.24) is 0 Å². The summed E-state index contributed by atoms with van der Waals surface area (Å²) in [6.07, 6.45) is 5.90. The number of hydrogen-bond acceptors (Lipinski definition) is 2. The highest BCUT2D eigenvalue weighted by molar-refractivity contribution is 5.88. The fourth-order valence-corrected chi connectivity index (χ4v) is 1.56. The van der Waals surface area contributed by atoms with Crippen LogP contribution < -0.4 is 0 Å². The Labute approximate surface area is 77.5 Å². The molecule has 0 aromatic rings. The molecule has 0 N–H and O–H groups in total. The van der Waals surface area contributed by atoms with Crippen molar-refractivity contribution in [3.8, 4) is 0 Å². The van der Waals surface area contributed by atoms with Crippen LogP contribution >= 0.6 is 0 Å². The number of carbonyl (C=O) groups excluding carboxylic acids is 2. The van der Waals surface area contributed by atoms with Crippen molar-refractivity contribution < 1.29 is 9.59 Å². The Hall–Kier alpha value is -1.21. The molecule has 3 heteroatoms. The van der Waals surface area contributed by atoms with Gasteiger partial charge in [-0.2, -0.15) is 0 Å². The van der Waals surface area contributed by atoms with Crippen molar-refractivity contribution in [1.29, 1.82) is 0 Å². The lowest BCUT2D eigenvalue weighted by atomic mass is 9.68. The van der Waals surface area contributed by atoms with Crippen molar-refractivity contribution >= 4 is 12.0 Å². The summed E-state index contributed by atoms with van der Waals surface area (Å²) in [6, 6.07) is 0. The van der Waals surface area contributed by atoms with Crippen molar-refractivity contribution in [2.45, 2.75) is 27.2 Å². The number of carbonyl (C=O) groups is 1.